The maximum absolute atomic E-state index is 5.53. The van der Waals surface area contributed by atoms with Gasteiger partial charge in [-0.15, -0.1) is 0 Å². The molecule has 0 bridgehead atoms. The highest BCUT2D eigenvalue weighted by atomic mass is 79.9. The maximum atomic E-state index is 5.53. The van der Waals surface area contributed by atoms with Gasteiger partial charge in [-0.3, -0.25) is 0 Å². The summed E-state index contributed by atoms with van der Waals surface area (Å²) in [5.74, 6) is 0.667. The van der Waals surface area contributed by atoms with Crippen molar-refractivity contribution in [2.24, 2.45) is 5.92 Å². The van der Waals surface area contributed by atoms with E-state index < -0.39 is 0 Å². The first-order chi connectivity index (χ1) is 8.79. The molecule has 1 heterocycles. The van der Waals surface area contributed by atoms with E-state index in [2.05, 4.69) is 52.4 Å². The van der Waals surface area contributed by atoms with E-state index in [0.29, 0.717) is 12.0 Å². The molecule has 2 unspecified atom stereocenters. The molecule has 2 atom stereocenters. The fourth-order valence-corrected chi connectivity index (χ4v) is 2.74. The third kappa shape index (κ3) is 4.08. The lowest BCUT2D eigenvalue weighted by molar-refractivity contribution is 0.176. The Morgan fingerprint density at radius 3 is 2.78 bits per heavy atom. The average molecular weight is 312 g/mol. The van der Waals surface area contributed by atoms with Gasteiger partial charge in [0.2, 0.25) is 0 Å². The quantitative estimate of drug-likeness (QED) is 0.869. The Bertz CT molecular complexity index is 346. The van der Waals surface area contributed by atoms with E-state index in [1.54, 1.807) is 0 Å². The molecule has 1 aliphatic heterocycles. The fraction of sp³-hybridized carbons (Fsp3) is 0.600. The molecule has 0 aliphatic carbocycles. The first kappa shape index (κ1) is 14.0. The van der Waals surface area contributed by atoms with Crippen molar-refractivity contribution in [1.82, 2.24) is 5.32 Å². The molecule has 0 saturated carbocycles. The summed E-state index contributed by atoms with van der Waals surface area (Å²) in [6, 6.07) is 9.21. The topological polar surface area (TPSA) is 21.3 Å². The molecule has 0 radical (unpaired) electrons. The van der Waals surface area contributed by atoms with Crippen molar-refractivity contribution in [3.63, 3.8) is 0 Å². The van der Waals surface area contributed by atoms with Gasteiger partial charge in [0.15, 0.2) is 0 Å². The first-order valence-electron chi connectivity index (χ1n) is 6.85. The summed E-state index contributed by atoms with van der Waals surface area (Å²) in [5, 5.41) is 3.68. The summed E-state index contributed by atoms with van der Waals surface area (Å²) >= 11 is 3.48. The van der Waals surface area contributed by atoms with E-state index in [1.165, 1.54) is 18.4 Å². The zero-order chi connectivity index (χ0) is 12.8. The standard InChI is InChI=1S/C15H22BrNO/c1-2-8-17-15(13-7-9-18-11-13)10-12-3-5-14(16)6-4-12/h3-6,13,15,17H,2,7-11H2,1H3. The molecule has 1 N–H and O–H groups in total. The van der Waals surface area contributed by atoms with Crippen LogP contribution < -0.4 is 5.32 Å². The van der Waals surface area contributed by atoms with Gasteiger partial charge in [-0.2, -0.15) is 0 Å². The molecule has 0 aromatic heterocycles. The molecule has 1 fully saturated rings. The van der Waals surface area contributed by atoms with Crippen molar-refractivity contribution in [1.29, 1.82) is 0 Å². The van der Waals surface area contributed by atoms with Gasteiger partial charge in [-0.1, -0.05) is 35.0 Å². The van der Waals surface area contributed by atoms with Gasteiger partial charge in [0.1, 0.15) is 0 Å². The lowest BCUT2D eigenvalue weighted by Gasteiger charge is -2.24. The van der Waals surface area contributed by atoms with E-state index in [1.807, 2.05) is 0 Å². The van der Waals surface area contributed by atoms with Crippen LogP contribution in [0.2, 0.25) is 0 Å². The predicted octanol–water partition coefficient (Wildman–Crippen LogP) is 3.40. The minimum Gasteiger partial charge on any atom is -0.381 e. The van der Waals surface area contributed by atoms with Crippen LogP contribution in [-0.4, -0.2) is 25.8 Å². The van der Waals surface area contributed by atoms with Crippen LogP contribution >= 0.6 is 15.9 Å². The van der Waals surface area contributed by atoms with Crippen molar-refractivity contribution in [2.45, 2.75) is 32.2 Å². The van der Waals surface area contributed by atoms with Gasteiger partial charge in [0.25, 0.3) is 0 Å². The van der Waals surface area contributed by atoms with Gasteiger partial charge in [-0.05, 0) is 43.5 Å². The summed E-state index contributed by atoms with van der Waals surface area (Å²) in [6.45, 7) is 5.15. The minimum absolute atomic E-state index is 0.550. The molecule has 0 amide bonds. The minimum atomic E-state index is 0.550. The van der Waals surface area contributed by atoms with Gasteiger partial charge < -0.3 is 10.1 Å². The largest absolute Gasteiger partial charge is 0.381 e. The van der Waals surface area contributed by atoms with Crippen LogP contribution in [0, 0.1) is 5.92 Å². The summed E-state index contributed by atoms with van der Waals surface area (Å²) in [7, 11) is 0. The van der Waals surface area contributed by atoms with Gasteiger partial charge in [-0.25, -0.2) is 0 Å². The van der Waals surface area contributed by atoms with E-state index >= 15 is 0 Å². The van der Waals surface area contributed by atoms with Crippen molar-refractivity contribution in [2.75, 3.05) is 19.8 Å². The van der Waals surface area contributed by atoms with Crippen LogP contribution in [0.15, 0.2) is 28.7 Å². The van der Waals surface area contributed by atoms with Crippen LogP contribution in [0.1, 0.15) is 25.3 Å². The van der Waals surface area contributed by atoms with Gasteiger partial charge >= 0.3 is 0 Å². The van der Waals surface area contributed by atoms with E-state index in [4.69, 9.17) is 4.74 Å². The SMILES string of the molecule is CCCNC(Cc1ccc(Br)cc1)C1CCOC1. The molecule has 1 saturated heterocycles. The van der Waals surface area contributed by atoms with Crippen LogP contribution in [-0.2, 0) is 11.2 Å². The third-order valence-electron chi connectivity index (χ3n) is 3.56. The fourth-order valence-electron chi connectivity index (χ4n) is 2.48. The molecule has 3 heteroatoms. The highest BCUT2D eigenvalue weighted by Gasteiger charge is 2.25. The first-order valence-corrected chi connectivity index (χ1v) is 7.64. The van der Waals surface area contributed by atoms with Gasteiger partial charge in [0, 0.05) is 23.0 Å². The molecular formula is C15H22BrNO. The molecule has 1 aromatic carbocycles. The highest BCUT2D eigenvalue weighted by Crippen LogP contribution is 2.21. The number of hydrogen-bond donors (Lipinski definition) is 1. The summed E-state index contributed by atoms with van der Waals surface area (Å²) in [6.07, 6.45) is 3.48. The van der Waals surface area contributed by atoms with Crippen LogP contribution in [0.3, 0.4) is 0 Å². The number of halogens is 1. The van der Waals surface area contributed by atoms with E-state index in [9.17, 15) is 0 Å². The molecule has 1 aromatic rings. The molecule has 100 valence electrons. The number of rotatable bonds is 6. The van der Waals surface area contributed by atoms with Crippen molar-refractivity contribution in [3.8, 4) is 0 Å². The van der Waals surface area contributed by atoms with Crippen LogP contribution in [0.4, 0.5) is 0 Å². The van der Waals surface area contributed by atoms with Crippen molar-refractivity contribution in [3.05, 3.63) is 34.3 Å². The second kappa shape index (κ2) is 7.27. The van der Waals surface area contributed by atoms with Crippen LogP contribution in [0.25, 0.3) is 0 Å². The Kier molecular flexibility index (Phi) is 5.67. The van der Waals surface area contributed by atoms with E-state index in [-0.39, 0.29) is 0 Å². The predicted molar refractivity (Wildman–Crippen MR) is 78.9 cm³/mol. The summed E-state index contributed by atoms with van der Waals surface area (Å²) in [4.78, 5) is 0. The summed E-state index contributed by atoms with van der Waals surface area (Å²) in [5.41, 5.74) is 1.40. The average Bonchev–Trinajstić information content (AvgIpc) is 2.90. The lowest BCUT2D eigenvalue weighted by Crippen LogP contribution is -2.38. The molecule has 2 rings (SSSR count). The number of hydrogen-bond acceptors (Lipinski definition) is 2. The second-order valence-electron chi connectivity index (χ2n) is 5.01. The van der Waals surface area contributed by atoms with Gasteiger partial charge in [0.05, 0.1) is 6.61 Å². The van der Waals surface area contributed by atoms with Crippen LogP contribution in [0.5, 0.6) is 0 Å². The monoisotopic (exact) mass is 311 g/mol. The smallest absolute Gasteiger partial charge is 0.0510 e. The molecule has 2 nitrogen and oxygen atoms in total. The Morgan fingerprint density at radius 2 is 2.17 bits per heavy atom. The maximum Gasteiger partial charge on any atom is 0.0510 e. The zero-order valence-electron chi connectivity index (χ0n) is 11.0. The Hall–Kier alpha value is -0.380. The Balaban J connectivity index is 1.97. The number of nitrogens with one attached hydrogen (secondary N) is 1. The number of benzene rings is 1. The molecule has 18 heavy (non-hydrogen) atoms. The zero-order valence-corrected chi connectivity index (χ0v) is 12.6. The molecular weight excluding hydrogens is 290 g/mol. The van der Waals surface area contributed by atoms with Crippen molar-refractivity contribution < 1.29 is 4.74 Å². The number of ether oxygens (including phenoxy) is 1. The molecule has 1 aliphatic rings. The van der Waals surface area contributed by atoms with Crippen molar-refractivity contribution >= 4 is 15.9 Å². The lowest BCUT2D eigenvalue weighted by atomic mass is 9.93. The highest BCUT2D eigenvalue weighted by molar-refractivity contribution is 9.10. The second-order valence-corrected chi connectivity index (χ2v) is 5.93. The third-order valence-corrected chi connectivity index (χ3v) is 4.09. The Labute approximate surface area is 118 Å². The van der Waals surface area contributed by atoms with E-state index in [0.717, 1.165) is 30.7 Å². The Morgan fingerprint density at radius 1 is 1.39 bits per heavy atom. The summed E-state index contributed by atoms with van der Waals surface area (Å²) < 4.78 is 6.67. The molecule has 0 spiro atoms. The normalized spacial score (nSPS) is 21.1.